The highest BCUT2D eigenvalue weighted by atomic mass is 32.1. The predicted octanol–water partition coefficient (Wildman–Crippen LogP) is 4.13. The lowest BCUT2D eigenvalue weighted by Crippen LogP contribution is -2.41. The average Bonchev–Trinajstić information content (AvgIpc) is 3.63. The average molecular weight is 509 g/mol. The fourth-order valence-electron chi connectivity index (χ4n) is 5.78. The summed E-state index contributed by atoms with van der Waals surface area (Å²) >= 11 is 1.53. The topological polar surface area (TPSA) is 105 Å². The number of hydrogen-bond donors (Lipinski definition) is 3. The van der Waals surface area contributed by atoms with Crippen molar-refractivity contribution in [2.24, 2.45) is 23.5 Å². The number of nitrogens with one attached hydrogen (secondary N) is 2. The molecule has 2 aromatic heterocycles. The Hall–Kier alpha value is -3.24. The van der Waals surface area contributed by atoms with Crippen molar-refractivity contribution in [1.82, 2.24) is 14.9 Å². The SMILES string of the molecule is CN1CCC[C@H]1COc1ccc(Nc2nc(NC3C4C=CC(C4)C3C(N)=O)c3sccc3n2)cc1F. The van der Waals surface area contributed by atoms with Crippen molar-refractivity contribution < 1.29 is 13.9 Å². The maximum Gasteiger partial charge on any atom is 0.229 e. The highest BCUT2D eigenvalue weighted by molar-refractivity contribution is 7.17. The number of aromatic nitrogens is 2. The van der Waals surface area contributed by atoms with E-state index in [1.54, 1.807) is 12.1 Å². The van der Waals surface area contributed by atoms with E-state index in [1.807, 2.05) is 11.4 Å². The Balaban J connectivity index is 1.20. The molecular weight excluding hydrogens is 479 g/mol. The number of primary amides is 1. The van der Waals surface area contributed by atoms with Gasteiger partial charge in [0.1, 0.15) is 12.4 Å². The Morgan fingerprint density at radius 2 is 2.14 bits per heavy atom. The van der Waals surface area contributed by atoms with E-state index in [9.17, 15) is 9.18 Å². The molecule has 6 rings (SSSR count). The Morgan fingerprint density at radius 3 is 2.92 bits per heavy atom. The molecule has 1 amide bonds. The van der Waals surface area contributed by atoms with Crippen LogP contribution in [0.25, 0.3) is 10.2 Å². The molecule has 0 radical (unpaired) electrons. The van der Waals surface area contributed by atoms with Crippen molar-refractivity contribution >= 4 is 44.9 Å². The number of nitrogens with two attached hydrogens (primary N) is 1. The largest absolute Gasteiger partial charge is 0.489 e. The van der Waals surface area contributed by atoms with Crippen molar-refractivity contribution in [3.63, 3.8) is 0 Å². The van der Waals surface area contributed by atoms with Gasteiger partial charge in [-0.05, 0) is 68.3 Å². The number of hydrogen-bond acceptors (Lipinski definition) is 8. The lowest BCUT2D eigenvalue weighted by atomic mass is 9.88. The number of anilines is 3. The number of allylic oxidation sites excluding steroid dienone is 1. The Bertz CT molecular complexity index is 1330. The molecule has 2 fully saturated rings. The van der Waals surface area contributed by atoms with Crippen LogP contribution in [0.5, 0.6) is 5.75 Å². The number of rotatable bonds is 8. The lowest BCUT2D eigenvalue weighted by Gasteiger charge is -2.27. The number of fused-ring (bicyclic) bond motifs is 3. The van der Waals surface area contributed by atoms with E-state index in [4.69, 9.17) is 15.5 Å². The molecule has 3 aromatic rings. The van der Waals surface area contributed by atoms with Crippen LogP contribution in [0.1, 0.15) is 19.3 Å². The number of ether oxygens (including phenoxy) is 1. The second-order valence-corrected chi connectivity index (χ2v) is 10.9. The summed E-state index contributed by atoms with van der Waals surface area (Å²) in [4.78, 5) is 23.7. The van der Waals surface area contributed by atoms with Gasteiger partial charge in [0.25, 0.3) is 0 Å². The number of amides is 1. The van der Waals surface area contributed by atoms with Gasteiger partial charge in [-0.25, -0.2) is 9.37 Å². The molecule has 2 aliphatic carbocycles. The number of carbonyl (C=O) groups excluding carboxylic acids is 1. The zero-order chi connectivity index (χ0) is 24.8. The van der Waals surface area contributed by atoms with E-state index in [2.05, 4.69) is 39.7 Å². The minimum absolute atomic E-state index is 0.113. The van der Waals surface area contributed by atoms with Crippen LogP contribution in [-0.4, -0.2) is 53.1 Å². The molecule has 1 saturated carbocycles. The third kappa shape index (κ3) is 4.28. The quantitative estimate of drug-likeness (QED) is 0.393. The van der Waals surface area contributed by atoms with Gasteiger partial charge in [0.2, 0.25) is 11.9 Å². The Kier molecular flexibility index (Phi) is 6.00. The summed E-state index contributed by atoms with van der Waals surface area (Å²) in [5.41, 5.74) is 7.04. The number of thiophene rings is 1. The van der Waals surface area contributed by atoms with Crippen LogP contribution in [-0.2, 0) is 4.79 Å². The van der Waals surface area contributed by atoms with Gasteiger partial charge in [0, 0.05) is 23.8 Å². The molecule has 1 saturated heterocycles. The van der Waals surface area contributed by atoms with Crippen LogP contribution in [0, 0.1) is 23.6 Å². The molecule has 3 aliphatic rings. The first kappa shape index (κ1) is 23.2. The molecule has 188 valence electrons. The fraction of sp³-hybridized carbons (Fsp3) is 0.423. The van der Waals surface area contributed by atoms with Gasteiger partial charge in [-0.1, -0.05) is 12.2 Å². The van der Waals surface area contributed by atoms with E-state index < -0.39 is 5.82 Å². The summed E-state index contributed by atoms with van der Waals surface area (Å²) in [6, 6.07) is 6.91. The van der Waals surface area contributed by atoms with Gasteiger partial charge >= 0.3 is 0 Å². The zero-order valence-electron chi connectivity index (χ0n) is 20.0. The zero-order valence-corrected chi connectivity index (χ0v) is 20.8. The summed E-state index contributed by atoms with van der Waals surface area (Å²) in [6.07, 6.45) is 7.38. The molecule has 36 heavy (non-hydrogen) atoms. The first-order chi connectivity index (χ1) is 17.5. The number of nitrogens with zero attached hydrogens (tertiary/aromatic N) is 3. The first-order valence-corrected chi connectivity index (χ1v) is 13.2. The molecule has 1 aliphatic heterocycles. The van der Waals surface area contributed by atoms with E-state index in [0.29, 0.717) is 30.1 Å². The highest BCUT2D eigenvalue weighted by Gasteiger charge is 2.47. The molecule has 4 N–H and O–H groups in total. The molecule has 4 unspecified atom stereocenters. The van der Waals surface area contributed by atoms with Gasteiger partial charge < -0.3 is 26.0 Å². The van der Waals surface area contributed by atoms with Crippen LogP contribution >= 0.6 is 11.3 Å². The molecule has 3 heterocycles. The van der Waals surface area contributed by atoms with Crippen molar-refractivity contribution in [2.45, 2.75) is 31.3 Å². The Labute approximate surface area is 212 Å². The lowest BCUT2D eigenvalue weighted by molar-refractivity contribution is -0.122. The van der Waals surface area contributed by atoms with Crippen molar-refractivity contribution in [3.8, 4) is 5.75 Å². The maximum atomic E-state index is 14.8. The molecule has 0 spiro atoms. The second-order valence-electron chi connectivity index (χ2n) is 9.94. The third-order valence-corrected chi connectivity index (χ3v) is 8.60. The van der Waals surface area contributed by atoms with Crippen LogP contribution in [0.2, 0.25) is 0 Å². The summed E-state index contributed by atoms with van der Waals surface area (Å²) in [7, 11) is 2.07. The molecule has 8 nitrogen and oxygen atoms in total. The van der Waals surface area contributed by atoms with Gasteiger partial charge in [0.15, 0.2) is 11.6 Å². The molecule has 5 atom stereocenters. The van der Waals surface area contributed by atoms with E-state index >= 15 is 0 Å². The normalized spacial score (nSPS) is 27.1. The standard InChI is InChI=1S/C26H29FN6O2S/c1-33-9-2-3-17(33)13-35-20-7-6-16(12-18(20)27)29-26-30-19-8-10-36-23(19)25(32-26)31-22-15-5-4-14(11-15)21(22)24(28)34/h4-8,10,12,14-15,17,21-22H,2-3,9,11,13H2,1H3,(H2,28,34)(H2,29,30,31,32)/t14?,15?,17-,21?,22?/m0/s1. The van der Waals surface area contributed by atoms with Crippen LogP contribution in [0.15, 0.2) is 41.8 Å². The van der Waals surface area contributed by atoms with Crippen molar-refractivity contribution in [2.75, 3.05) is 30.8 Å². The van der Waals surface area contributed by atoms with Crippen LogP contribution in [0.4, 0.5) is 21.8 Å². The minimum Gasteiger partial charge on any atom is -0.489 e. The summed E-state index contributed by atoms with van der Waals surface area (Å²) in [6.45, 7) is 1.52. The number of benzene rings is 1. The fourth-order valence-corrected chi connectivity index (χ4v) is 6.57. The van der Waals surface area contributed by atoms with Crippen LogP contribution in [0.3, 0.4) is 0 Å². The molecule has 1 aromatic carbocycles. The van der Waals surface area contributed by atoms with E-state index in [0.717, 1.165) is 36.0 Å². The number of carbonyl (C=O) groups is 1. The minimum atomic E-state index is -0.436. The molecule has 10 heteroatoms. The molecule has 2 bridgehead atoms. The monoisotopic (exact) mass is 508 g/mol. The Morgan fingerprint density at radius 1 is 1.28 bits per heavy atom. The first-order valence-electron chi connectivity index (χ1n) is 12.4. The second kappa shape index (κ2) is 9.33. The van der Waals surface area contributed by atoms with Crippen LogP contribution < -0.4 is 21.1 Å². The highest BCUT2D eigenvalue weighted by Crippen LogP contribution is 2.45. The van der Waals surface area contributed by atoms with E-state index in [-0.39, 0.29) is 35.5 Å². The summed E-state index contributed by atoms with van der Waals surface area (Å²) < 4.78 is 21.5. The van der Waals surface area contributed by atoms with Crippen molar-refractivity contribution in [3.05, 3.63) is 47.6 Å². The number of likely N-dealkylation sites (N-methyl/N-ethyl adjacent to an activating group) is 1. The smallest absolute Gasteiger partial charge is 0.229 e. The van der Waals surface area contributed by atoms with Crippen molar-refractivity contribution in [1.29, 1.82) is 0 Å². The summed E-state index contributed by atoms with van der Waals surface area (Å²) in [5, 5.41) is 8.57. The predicted molar refractivity (Wildman–Crippen MR) is 139 cm³/mol. The number of halogens is 1. The molecular formula is C26H29FN6O2S. The van der Waals surface area contributed by atoms with Gasteiger partial charge in [-0.3, -0.25) is 4.79 Å². The third-order valence-electron chi connectivity index (χ3n) is 7.69. The van der Waals surface area contributed by atoms with Gasteiger partial charge in [0.05, 0.1) is 16.1 Å². The maximum absolute atomic E-state index is 14.8. The number of likely N-dealkylation sites (tertiary alicyclic amines) is 1. The van der Waals surface area contributed by atoms with Gasteiger partial charge in [-0.15, -0.1) is 11.3 Å². The van der Waals surface area contributed by atoms with Gasteiger partial charge in [-0.2, -0.15) is 4.98 Å². The van der Waals surface area contributed by atoms with E-state index in [1.165, 1.54) is 17.4 Å². The summed E-state index contributed by atoms with van der Waals surface area (Å²) in [5.74, 6) is 0.631.